The molecule has 0 aliphatic rings. The lowest BCUT2D eigenvalue weighted by Crippen LogP contribution is -2.31. The minimum Gasteiger partial charge on any atom is -0.359 e. The summed E-state index contributed by atoms with van der Waals surface area (Å²) in [5.41, 5.74) is 5.09. The molecule has 0 aromatic carbocycles. The Labute approximate surface area is 69.8 Å². The number of nitrogens with zero attached hydrogens (tertiary/aromatic N) is 1. The fraction of sp³-hybridized carbons (Fsp3) is 0.778. The highest BCUT2D eigenvalue weighted by Gasteiger charge is 2.04. The van der Waals surface area contributed by atoms with Gasteiger partial charge < -0.3 is 5.73 Å². The summed E-state index contributed by atoms with van der Waals surface area (Å²) < 4.78 is 0. The lowest BCUT2D eigenvalue weighted by atomic mass is 10.3. The van der Waals surface area contributed by atoms with Crippen molar-refractivity contribution < 1.29 is 0 Å². The first kappa shape index (κ1) is 10.3. The molecule has 0 radical (unpaired) electrons. The summed E-state index contributed by atoms with van der Waals surface area (Å²) in [4.78, 5) is 2.31. The Morgan fingerprint density at radius 1 is 1.45 bits per heavy atom. The molecule has 0 spiro atoms. The van der Waals surface area contributed by atoms with E-state index in [1.807, 2.05) is 0 Å². The maximum atomic E-state index is 5.09. The van der Waals surface area contributed by atoms with Crippen LogP contribution in [0.5, 0.6) is 0 Å². The van der Waals surface area contributed by atoms with Crippen LogP contribution in [-0.4, -0.2) is 24.0 Å². The molecular formula is C9H18N2. The van der Waals surface area contributed by atoms with E-state index in [1.165, 1.54) is 6.42 Å². The molecule has 0 aliphatic carbocycles. The average Bonchev–Trinajstić information content (AvgIpc) is 1.97. The lowest BCUT2D eigenvalue weighted by molar-refractivity contribution is 0.250. The molecule has 11 heavy (non-hydrogen) atoms. The molecule has 0 fully saturated rings. The van der Waals surface area contributed by atoms with E-state index in [0.717, 1.165) is 13.1 Å². The molecule has 64 valence electrons. The van der Waals surface area contributed by atoms with Gasteiger partial charge in [-0.25, -0.2) is 0 Å². The smallest absolute Gasteiger partial charge is 0.0622 e. The molecule has 0 aromatic heterocycles. The fourth-order valence-corrected chi connectivity index (χ4v) is 0.954. The van der Waals surface area contributed by atoms with Gasteiger partial charge in [0.25, 0.3) is 0 Å². The van der Waals surface area contributed by atoms with Crippen LogP contribution in [-0.2, 0) is 0 Å². The monoisotopic (exact) mass is 154 g/mol. The van der Waals surface area contributed by atoms with Gasteiger partial charge in [0.1, 0.15) is 0 Å². The first-order chi connectivity index (χ1) is 5.22. The minimum absolute atomic E-state index is 0.566. The van der Waals surface area contributed by atoms with Gasteiger partial charge in [-0.15, -0.1) is 0 Å². The van der Waals surface area contributed by atoms with E-state index in [0.29, 0.717) is 6.04 Å². The van der Waals surface area contributed by atoms with Crippen LogP contribution < -0.4 is 5.73 Å². The van der Waals surface area contributed by atoms with Crippen LogP contribution in [0.15, 0.2) is 0 Å². The Morgan fingerprint density at radius 2 is 2.09 bits per heavy atom. The molecule has 2 nitrogen and oxygen atoms in total. The predicted molar refractivity (Wildman–Crippen MR) is 49.0 cm³/mol. The van der Waals surface area contributed by atoms with Crippen LogP contribution in [0.3, 0.4) is 0 Å². The van der Waals surface area contributed by atoms with Crippen molar-refractivity contribution in [2.75, 3.05) is 13.1 Å². The second-order valence-corrected chi connectivity index (χ2v) is 2.89. The van der Waals surface area contributed by atoms with E-state index in [9.17, 15) is 0 Å². The van der Waals surface area contributed by atoms with Crippen LogP contribution >= 0.6 is 0 Å². The molecule has 0 saturated heterocycles. The zero-order valence-corrected chi connectivity index (χ0v) is 7.72. The number of hydrogen-bond donors (Lipinski definition) is 1. The van der Waals surface area contributed by atoms with Crippen molar-refractivity contribution in [3.05, 3.63) is 0 Å². The molecular weight excluding hydrogens is 136 g/mol. The third-order valence-electron chi connectivity index (χ3n) is 1.63. The van der Waals surface area contributed by atoms with E-state index in [1.54, 1.807) is 0 Å². The Kier molecular flexibility index (Phi) is 5.68. The lowest BCUT2D eigenvalue weighted by Gasteiger charge is -2.22. The predicted octanol–water partition coefficient (Wildman–Crippen LogP) is 1.03. The quantitative estimate of drug-likeness (QED) is 0.484. The Hall–Kier alpha value is -0.680. The Bertz CT molecular complexity index is 141. The van der Waals surface area contributed by atoms with Gasteiger partial charge in [0, 0.05) is 12.1 Å². The van der Waals surface area contributed by atoms with Crippen LogP contribution in [0.2, 0.25) is 0 Å². The second-order valence-electron chi connectivity index (χ2n) is 2.89. The van der Waals surface area contributed by atoms with E-state index < -0.39 is 0 Å². The Morgan fingerprint density at radius 3 is 2.45 bits per heavy atom. The summed E-state index contributed by atoms with van der Waals surface area (Å²) in [5, 5.41) is 0. The van der Waals surface area contributed by atoms with Crippen LogP contribution in [0.25, 0.3) is 0 Å². The van der Waals surface area contributed by atoms with E-state index >= 15 is 0 Å². The van der Waals surface area contributed by atoms with Gasteiger partial charge in [0.05, 0.1) is 6.54 Å². The molecule has 2 heteroatoms. The summed E-state index contributed by atoms with van der Waals surface area (Å²) in [7, 11) is 0. The van der Waals surface area contributed by atoms with Gasteiger partial charge in [0.2, 0.25) is 0 Å². The maximum absolute atomic E-state index is 5.09. The van der Waals surface area contributed by atoms with Crippen molar-refractivity contribution in [3.8, 4) is 12.0 Å². The zero-order chi connectivity index (χ0) is 8.69. The first-order valence-corrected chi connectivity index (χ1v) is 4.14. The summed E-state index contributed by atoms with van der Waals surface area (Å²) in [6.45, 7) is 8.42. The molecule has 0 heterocycles. The van der Waals surface area contributed by atoms with Crippen LogP contribution in [0.4, 0.5) is 0 Å². The SMILES string of the molecule is CCCN(CC#CN)C(C)C. The number of nitrogens with two attached hydrogens (primary N) is 1. The van der Waals surface area contributed by atoms with E-state index in [4.69, 9.17) is 5.73 Å². The fourth-order valence-electron chi connectivity index (χ4n) is 0.954. The highest BCUT2D eigenvalue weighted by molar-refractivity contribution is 4.97. The van der Waals surface area contributed by atoms with Crippen molar-refractivity contribution in [1.29, 1.82) is 0 Å². The summed E-state index contributed by atoms with van der Waals surface area (Å²) in [5.74, 6) is 2.87. The van der Waals surface area contributed by atoms with Crippen molar-refractivity contribution in [1.82, 2.24) is 4.90 Å². The molecule has 0 unspecified atom stereocenters. The van der Waals surface area contributed by atoms with Crippen molar-refractivity contribution in [2.24, 2.45) is 5.73 Å². The molecule has 0 saturated carbocycles. The van der Waals surface area contributed by atoms with Gasteiger partial charge in [-0.2, -0.15) is 0 Å². The molecule has 0 amide bonds. The van der Waals surface area contributed by atoms with E-state index in [-0.39, 0.29) is 0 Å². The number of rotatable bonds is 4. The normalized spacial score (nSPS) is 9.91. The maximum Gasteiger partial charge on any atom is 0.0622 e. The van der Waals surface area contributed by atoms with Crippen molar-refractivity contribution >= 4 is 0 Å². The third kappa shape index (κ3) is 4.69. The number of hydrogen-bond acceptors (Lipinski definition) is 2. The molecule has 0 aromatic rings. The molecule has 0 aliphatic heterocycles. The third-order valence-corrected chi connectivity index (χ3v) is 1.63. The molecule has 2 N–H and O–H groups in total. The standard InChI is InChI=1S/C9H18N2/c1-4-7-11(9(2)3)8-5-6-10/h9H,4,7-8,10H2,1-3H3. The minimum atomic E-state index is 0.566. The summed E-state index contributed by atoms with van der Waals surface area (Å²) in [6, 6.07) is 2.99. The highest BCUT2D eigenvalue weighted by Crippen LogP contribution is 1.97. The first-order valence-electron chi connectivity index (χ1n) is 4.14. The molecule has 0 bridgehead atoms. The topological polar surface area (TPSA) is 29.3 Å². The molecule has 0 rings (SSSR count). The second kappa shape index (κ2) is 6.06. The highest BCUT2D eigenvalue weighted by atomic mass is 15.1. The summed E-state index contributed by atoms with van der Waals surface area (Å²) in [6.07, 6.45) is 1.17. The van der Waals surface area contributed by atoms with Crippen LogP contribution in [0.1, 0.15) is 27.2 Å². The van der Waals surface area contributed by atoms with Gasteiger partial charge in [-0.1, -0.05) is 12.8 Å². The molecule has 0 atom stereocenters. The van der Waals surface area contributed by atoms with Crippen LogP contribution in [0, 0.1) is 12.0 Å². The largest absolute Gasteiger partial charge is 0.359 e. The van der Waals surface area contributed by atoms with E-state index in [2.05, 4.69) is 37.6 Å². The van der Waals surface area contributed by atoms with Crippen molar-refractivity contribution in [3.63, 3.8) is 0 Å². The average molecular weight is 154 g/mol. The zero-order valence-electron chi connectivity index (χ0n) is 7.72. The van der Waals surface area contributed by atoms with Crippen molar-refractivity contribution in [2.45, 2.75) is 33.2 Å². The van der Waals surface area contributed by atoms with Gasteiger partial charge in [-0.05, 0) is 26.8 Å². The van der Waals surface area contributed by atoms with Gasteiger partial charge in [0.15, 0.2) is 0 Å². The Balaban J connectivity index is 3.75. The summed E-state index contributed by atoms with van der Waals surface area (Å²) >= 11 is 0. The van der Waals surface area contributed by atoms with Gasteiger partial charge in [-0.3, -0.25) is 4.90 Å². The van der Waals surface area contributed by atoms with Gasteiger partial charge >= 0.3 is 0 Å².